The fourth-order valence-electron chi connectivity index (χ4n) is 1.96. The number of aryl methyl sites for hydroxylation is 4. The van der Waals surface area contributed by atoms with Gasteiger partial charge in [-0.3, -0.25) is 4.68 Å². The number of nitrogens with one attached hydrogen (secondary N) is 1. The van der Waals surface area contributed by atoms with Gasteiger partial charge in [0.2, 0.25) is 0 Å². The van der Waals surface area contributed by atoms with Gasteiger partial charge in [-0.25, -0.2) is 9.07 Å². The molecule has 0 aliphatic heterocycles. The maximum atomic E-state index is 12.4. The minimum absolute atomic E-state index is 0.278. The van der Waals surface area contributed by atoms with Crippen LogP contribution in [0.2, 0.25) is 0 Å². The van der Waals surface area contributed by atoms with E-state index in [0.717, 1.165) is 22.8 Å². The standard InChI is InChI=1S/C12H18FN5/c1-9-7-15-18(5-4-13)12(9)14-8-11-6-10(2)16-17(11)3/h6-7,14H,4-5,8H2,1-3H3. The summed E-state index contributed by atoms with van der Waals surface area (Å²) >= 11 is 0. The van der Waals surface area contributed by atoms with Crippen LogP contribution in [-0.4, -0.2) is 26.2 Å². The van der Waals surface area contributed by atoms with E-state index in [1.165, 1.54) is 0 Å². The predicted octanol–water partition coefficient (Wildman–Crippen LogP) is 1.82. The van der Waals surface area contributed by atoms with Crippen molar-refractivity contribution in [3.8, 4) is 0 Å². The number of hydrogen-bond donors (Lipinski definition) is 1. The Bertz CT molecular complexity index is 529. The molecule has 0 saturated carbocycles. The second kappa shape index (κ2) is 5.20. The second-order valence-electron chi connectivity index (χ2n) is 4.34. The van der Waals surface area contributed by atoms with Crippen LogP contribution in [0, 0.1) is 13.8 Å². The molecule has 0 saturated heterocycles. The van der Waals surface area contributed by atoms with Gasteiger partial charge in [-0.2, -0.15) is 10.2 Å². The smallest absolute Gasteiger partial charge is 0.127 e. The van der Waals surface area contributed by atoms with E-state index in [1.54, 1.807) is 10.9 Å². The first-order valence-corrected chi connectivity index (χ1v) is 5.93. The van der Waals surface area contributed by atoms with Gasteiger partial charge >= 0.3 is 0 Å². The van der Waals surface area contributed by atoms with Crippen LogP contribution in [0.1, 0.15) is 17.0 Å². The molecule has 2 aromatic heterocycles. The summed E-state index contributed by atoms with van der Waals surface area (Å²) in [7, 11) is 1.91. The molecule has 0 spiro atoms. The zero-order valence-electron chi connectivity index (χ0n) is 10.9. The van der Waals surface area contributed by atoms with Crippen molar-refractivity contribution >= 4 is 5.82 Å². The first-order valence-electron chi connectivity index (χ1n) is 5.93. The monoisotopic (exact) mass is 251 g/mol. The Hall–Kier alpha value is -1.85. The Morgan fingerprint density at radius 1 is 1.39 bits per heavy atom. The fraction of sp³-hybridized carbons (Fsp3) is 0.500. The van der Waals surface area contributed by atoms with Crippen LogP contribution < -0.4 is 5.32 Å². The van der Waals surface area contributed by atoms with Crippen LogP contribution in [0.3, 0.4) is 0 Å². The highest BCUT2D eigenvalue weighted by Crippen LogP contribution is 2.15. The SMILES string of the molecule is Cc1cc(CNc2c(C)cnn2CCF)n(C)n1. The van der Waals surface area contributed by atoms with Crippen LogP contribution in [0.25, 0.3) is 0 Å². The van der Waals surface area contributed by atoms with Crippen molar-refractivity contribution in [2.45, 2.75) is 26.9 Å². The van der Waals surface area contributed by atoms with Crippen molar-refractivity contribution in [1.29, 1.82) is 0 Å². The van der Waals surface area contributed by atoms with Gasteiger partial charge in [-0.15, -0.1) is 0 Å². The lowest BCUT2D eigenvalue weighted by atomic mass is 10.3. The Kier molecular flexibility index (Phi) is 3.64. The molecule has 0 amide bonds. The number of alkyl halides is 1. The molecule has 5 nitrogen and oxygen atoms in total. The topological polar surface area (TPSA) is 47.7 Å². The average Bonchev–Trinajstić information content (AvgIpc) is 2.81. The fourth-order valence-corrected chi connectivity index (χ4v) is 1.96. The molecule has 6 heteroatoms. The third-order valence-electron chi connectivity index (χ3n) is 2.85. The van der Waals surface area contributed by atoms with Gasteiger partial charge in [-0.1, -0.05) is 0 Å². The highest BCUT2D eigenvalue weighted by Gasteiger charge is 2.08. The summed E-state index contributed by atoms with van der Waals surface area (Å²) in [6.07, 6.45) is 1.74. The normalized spacial score (nSPS) is 10.9. The molecule has 1 N–H and O–H groups in total. The summed E-state index contributed by atoms with van der Waals surface area (Å²) < 4.78 is 15.9. The maximum Gasteiger partial charge on any atom is 0.127 e. The molecule has 98 valence electrons. The number of aromatic nitrogens is 4. The van der Waals surface area contributed by atoms with Crippen molar-refractivity contribution in [3.05, 3.63) is 29.2 Å². The summed E-state index contributed by atoms with van der Waals surface area (Å²) in [6.45, 7) is 4.43. The van der Waals surface area contributed by atoms with Crippen molar-refractivity contribution in [3.63, 3.8) is 0 Å². The molecule has 0 aliphatic carbocycles. The van der Waals surface area contributed by atoms with Crippen LogP contribution in [0.4, 0.5) is 10.2 Å². The van der Waals surface area contributed by atoms with Crippen molar-refractivity contribution < 1.29 is 4.39 Å². The zero-order chi connectivity index (χ0) is 13.1. The third kappa shape index (κ3) is 2.52. The summed E-state index contributed by atoms with van der Waals surface area (Å²) in [6, 6.07) is 2.03. The lowest BCUT2D eigenvalue weighted by Crippen LogP contribution is -2.11. The summed E-state index contributed by atoms with van der Waals surface area (Å²) in [5.41, 5.74) is 3.09. The molecule has 18 heavy (non-hydrogen) atoms. The van der Waals surface area contributed by atoms with Gasteiger partial charge in [0.15, 0.2) is 0 Å². The summed E-state index contributed by atoms with van der Waals surface area (Å²) in [5.74, 6) is 0.867. The number of anilines is 1. The second-order valence-corrected chi connectivity index (χ2v) is 4.34. The van der Waals surface area contributed by atoms with E-state index >= 15 is 0 Å². The number of hydrogen-bond acceptors (Lipinski definition) is 3. The van der Waals surface area contributed by atoms with E-state index in [-0.39, 0.29) is 6.54 Å². The van der Waals surface area contributed by atoms with Crippen LogP contribution >= 0.6 is 0 Å². The van der Waals surface area contributed by atoms with Crippen LogP contribution in [-0.2, 0) is 20.1 Å². The van der Waals surface area contributed by atoms with Gasteiger partial charge in [0, 0.05) is 12.6 Å². The van der Waals surface area contributed by atoms with E-state index in [1.807, 2.05) is 31.6 Å². The zero-order valence-corrected chi connectivity index (χ0v) is 10.9. The summed E-state index contributed by atoms with van der Waals surface area (Å²) in [4.78, 5) is 0. The van der Waals surface area contributed by atoms with E-state index in [0.29, 0.717) is 6.54 Å². The van der Waals surface area contributed by atoms with Crippen molar-refractivity contribution in [2.75, 3.05) is 12.0 Å². The van der Waals surface area contributed by atoms with Gasteiger partial charge in [0.05, 0.1) is 30.7 Å². The molecule has 0 fully saturated rings. The Morgan fingerprint density at radius 3 is 2.78 bits per heavy atom. The molecule has 0 atom stereocenters. The van der Waals surface area contributed by atoms with E-state index in [4.69, 9.17) is 0 Å². The van der Waals surface area contributed by atoms with E-state index < -0.39 is 6.67 Å². The van der Waals surface area contributed by atoms with E-state index in [2.05, 4.69) is 15.5 Å². The third-order valence-corrected chi connectivity index (χ3v) is 2.85. The molecular formula is C12H18FN5. The van der Waals surface area contributed by atoms with Crippen molar-refractivity contribution in [1.82, 2.24) is 19.6 Å². The number of nitrogens with zero attached hydrogens (tertiary/aromatic N) is 4. The first kappa shape index (κ1) is 12.6. The Balaban J connectivity index is 2.10. The molecule has 2 aromatic rings. The average molecular weight is 251 g/mol. The lowest BCUT2D eigenvalue weighted by Gasteiger charge is -2.10. The molecule has 0 aromatic carbocycles. The highest BCUT2D eigenvalue weighted by molar-refractivity contribution is 5.43. The quantitative estimate of drug-likeness (QED) is 0.881. The molecule has 0 aliphatic rings. The molecule has 0 unspecified atom stereocenters. The predicted molar refractivity (Wildman–Crippen MR) is 68.2 cm³/mol. The maximum absolute atomic E-state index is 12.4. The van der Waals surface area contributed by atoms with Crippen LogP contribution in [0.5, 0.6) is 0 Å². The Morgan fingerprint density at radius 2 is 2.17 bits per heavy atom. The minimum atomic E-state index is -0.416. The molecule has 2 heterocycles. The number of rotatable bonds is 5. The van der Waals surface area contributed by atoms with Crippen molar-refractivity contribution in [2.24, 2.45) is 7.05 Å². The van der Waals surface area contributed by atoms with Gasteiger partial charge in [0.25, 0.3) is 0 Å². The largest absolute Gasteiger partial charge is 0.364 e. The van der Waals surface area contributed by atoms with Gasteiger partial charge < -0.3 is 5.32 Å². The minimum Gasteiger partial charge on any atom is -0.364 e. The molecule has 2 rings (SSSR count). The highest BCUT2D eigenvalue weighted by atomic mass is 19.1. The first-order chi connectivity index (χ1) is 8.61. The molecule has 0 bridgehead atoms. The summed E-state index contributed by atoms with van der Waals surface area (Å²) in [5, 5.41) is 11.7. The number of halogens is 1. The van der Waals surface area contributed by atoms with Gasteiger partial charge in [0.1, 0.15) is 12.5 Å². The lowest BCUT2D eigenvalue weighted by molar-refractivity contribution is 0.429. The Labute approximate surface area is 106 Å². The molecule has 0 radical (unpaired) electrons. The van der Waals surface area contributed by atoms with Gasteiger partial charge in [-0.05, 0) is 19.9 Å². The molecular weight excluding hydrogens is 233 g/mol. The van der Waals surface area contributed by atoms with Crippen LogP contribution in [0.15, 0.2) is 12.3 Å². The van der Waals surface area contributed by atoms with E-state index in [9.17, 15) is 4.39 Å².